The van der Waals surface area contributed by atoms with Gasteiger partial charge in [0.1, 0.15) is 0 Å². The summed E-state index contributed by atoms with van der Waals surface area (Å²) in [6.45, 7) is 2.60. The molecule has 2 aliphatic heterocycles. The molecule has 0 radical (unpaired) electrons. The minimum atomic E-state index is -0.0871. The molecule has 0 spiro atoms. The number of amides is 1. The van der Waals surface area contributed by atoms with Crippen molar-refractivity contribution in [2.24, 2.45) is 5.92 Å². The second kappa shape index (κ2) is 6.71. The molecule has 2 aromatic rings. The van der Waals surface area contributed by atoms with Gasteiger partial charge in [0.2, 0.25) is 5.91 Å². The molecule has 1 aromatic carbocycles. The van der Waals surface area contributed by atoms with Crippen LogP contribution in [0.2, 0.25) is 0 Å². The number of nitrogens with zero attached hydrogens (tertiary/aromatic N) is 2. The molecular weight excluding hydrogens is 302 g/mol. The number of benzene rings is 1. The zero-order valence-corrected chi connectivity index (χ0v) is 13.5. The molecule has 4 rings (SSSR count). The molecule has 5 nitrogen and oxygen atoms in total. The summed E-state index contributed by atoms with van der Waals surface area (Å²) in [6, 6.07) is 14.1. The van der Waals surface area contributed by atoms with E-state index in [1.807, 2.05) is 18.2 Å². The fraction of sp³-hybridized carbons (Fsp3) is 0.368. The van der Waals surface area contributed by atoms with Crippen molar-refractivity contribution < 1.29 is 9.53 Å². The SMILES string of the molecule is O=C(Nc1cccnc1)C1CC2CN(Cc3ccccc3)CC1O2. The van der Waals surface area contributed by atoms with Crippen LogP contribution in [0.3, 0.4) is 0 Å². The van der Waals surface area contributed by atoms with Crippen molar-refractivity contribution in [2.45, 2.75) is 25.2 Å². The number of hydrogen-bond donors (Lipinski definition) is 1. The second-order valence-corrected chi connectivity index (χ2v) is 6.55. The number of carbonyl (C=O) groups excluding carboxylic acids is 1. The number of anilines is 1. The Labute approximate surface area is 141 Å². The van der Waals surface area contributed by atoms with Crippen LogP contribution in [0, 0.1) is 5.92 Å². The molecule has 3 atom stereocenters. The zero-order valence-electron chi connectivity index (χ0n) is 13.5. The van der Waals surface area contributed by atoms with E-state index in [1.165, 1.54) is 5.56 Å². The van der Waals surface area contributed by atoms with Crippen LogP contribution in [0.1, 0.15) is 12.0 Å². The van der Waals surface area contributed by atoms with Gasteiger partial charge in [-0.05, 0) is 24.1 Å². The van der Waals surface area contributed by atoms with Gasteiger partial charge >= 0.3 is 0 Å². The Kier molecular flexibility index (Phi) is 4.28. The van der Waals surface area contributed by atoms with Crippen molar-refractivity contribution in [1.82, 2.24) is 9.88 Å². The third kappa shape index (κ3) is 3.32. The van der Waals surface area contributed by atoms with Gasteiger partial charge in [0.15, 0.2) is 0 Å². The quantitative estimate of drug-likeness (QED) is 0.938. The number of aromatic nitrogens is 1. The van der Waals surface area contributed by atoms with Crippen molar-refractivity contribution in [3.63, 3.8) is 0 Å². The van der Waals surface area contributed by atoms with Crippen LogP contribution in [-0.2, 0) is 16.1 Å². The summed E-state index contributed by atoms with van der Waals surface area (Å²) < 4.78 is 6.02. The summed E-state index contributed by atoms with van der Waals surface area (Å²) in [6.07, 6.45) is 4.29. The van der Waals surface area contributed by atoms with Crippen molar-refractivity contribution in [1.29, 1.82) is 0 Å². The number of hydrogen-bond acceptors (Lipinski definition) is 4. The van der Waals surface area contributed by atoms with E-state index in [4.69, 9.17) is 4.74 Å². The van der Waals surface area contributed by atoms with E-state index in [0.717, 1.165) is 31.7 Å². The summed E-state index contributed by atoms with van der Waals surface area (Å²) in [7, 11) is 0. The number of nitrogens with one attached hydrogen (secondary N) is 1. The first-order valence-corrected chi connectivity index (χ1v) is 8.40. The predicted octanol–water partition coefficient (Wildman–Crippen LogP) is 2.31. The van der Waals surface area contributed by atoms with Crippen LogP contribution < -0.4 is 5.32 Å². The summed E-state index contributed by atoms with van der Waals surface area (Å²) in [5.41, 5.74) is 2.04. The number of rotatable bonds is 4. The Hall–Kier alpha value is -2.24. The van der Waals surface area contributed by atoms with E-state index in [2.05, 4.69) is 39.5 Å². The Morgan fingerprint density at radius 1 is 1.21 bits per heavy atom. The van der Waals surface area contributed by atoms with Crippen LogP contribution in [0.5, 0.6) is 0 Å². The van der Waals surface area contributed by atoms with Gasteiger partial charge in [-0.3, -0.25) is 14.7 Å². The molecule has 2 aliphatic rings. The molecule has 0 saturated carbocycles. The molecule has 3 unspecified atom stereocenters. The lowest BCUT2D eigenvalue weighted by molar-refractivity contribution is -0.123. The molecule has 3 heterocycles. The molecule has 2 saturated heterocycles. The van der Waals surface area contributed by atoms with Gasteiger partial charge in [-0.1, -0.05) is 30.3 Å². The monoisotopic (exact) mass is 323 g/mol. The number of morpholine rings is 1. The number of fused-ring (bicyclic) bond motifs is 2. The van der Waals surface area contributed by atoms with Crippen LogP contribution >= 0.6 is 0 Å². The van der Waals surface area contributed by atoms with E-state index in [0.29, 0.717) is 0 Å². The number of ether oxygens (including phenoxy) is 1. The van der Waals surface area contributed by atoms with E-state index in [1.54, 1.807) is 12.4 Å². The average Bonchev–Trinajstić information content (AvgIpc) is 2.91. The topological polar surface area (TPSA) is 54.5 Å². The molecule has 24 heavy (non-hydrogen) atoms. The van der Waals surface area contributed by atoms with Gasteiger partial charge in [0.05, 0.1) is 30.0 Å². The van der Waals surface area contributed by atoms with Crippen LogP contribution in [0.25, 0.3) is 0 Å². The van der Waals surface area contributed by atoms with Gasteiger partial charge in [0.25, 0.3) is 0 Å². The predicted molar refractivity (Wildman–Crippen MR) is 91.4 cm³/mol. The molecule has 2 fully saturated rings. The normalized spacial score (nSPS) is 26.2. The number of pyridine rings is 1. The maximum Gasteiger partial charge on any atom is 0.230 e. The van der Waals surface area contributed by atoms with Crippen molar-refractivity contribution in [3.05, 3.63) is 60.4 Å². The van der Waals surface area contributed by atoms with E-state index in [-0.39, 0.29) is 24.0 Å². The Balaban J connectivity index is 1.39. The molecular formula is C19H21N3O2. The average molecular weight is 323 g/mol. The van der Waals surface area contributed by atoms with Gasteiger partial charge < -0.3 is 10.1 Å². The lowest BCUT2D eigenvalue weighted by Crippen LogP contribution is -2.44. The first-order valence-electron chi connectivity index (χ1n) is 8.40. The first kappa shape index (κ1) is 15.3. The number of carbonyl (C=O) groups is 1. The summed E-state index contributed by atoms with van der Waals surface area (Å²) in [5, 5.41) is 2.96. The fourth-order valence-corrected chi connectivity index (χ4v) is 3.66. The summed E-state index contributed by atoms with van der Waals surface area (Å²) in [5.74, 6) is -0.0481. The van der Waals surface area contributed by atoms with Crippen molar-refractivity contribution in [2.75, 3.05) is 18.4 Å². The minimum Gasteiger partial charge on any atom is -0.371 e. The Bertz CT molecular complexity index is 692. The fourth-order valence-electron chi connectivity index (χ4n) is 3.66. The first-order chi connectivity index (χ1) is 11.8. The summed E-state index contributed by atoms with van der Waals surface area (Å²) in [4.78, 5) is 19.0. The van der Waals surface area contributed by atoms with Crippen LogP contribution in [0.4, 0.5) is 5.69 Å². The number of likely N-dealkylation sites (tertiary alicyclic amines) is 1. The second-order valence-electron chi connectivity index (χ2n) is 6.55. The van der Waals surface area contributed by atoms with Gasteiger partial charge in [-0.25, -0.2) is 0 Å². The zero-order chi connectivity index (χ0) is 16.4. The molecule has 1 aromatic heterocycles. The van der Waals surface area contributed by atoms with Crippen molar-refractivity contribution >= 4 is 11.6 Å². The standard InChI is InChI=1S/C19H21N3O2/c23-19(21-15-7-4-8-20-10-15)17-9-16-12-22(13-18(17)24-16)11-14-5-2-1-3-6-14/h1-8,10,16-18H,9,11-13H2,(H,21,23). The van der Waals surface area contributed by atoms with E-state index in [9.17, 15) is 4.79 Å². The third-order valence-corrected chi connectivity index (χ3v) is 4.75. The largest absolute Gasteiger partial charge is 0.371 e. The van der Waals surface area contributed by atoms with Gasteiger partial charge in [0, 0.05) is 25.8 Å². The lowest BCUT2D eigenvalue weighted by atomic mass is 9.99. The molecule has 2 bridgehead atoms. The van der Waals surface area contributed by atoms with Gasteiger partial charge in [-0.2, -0.15) is 0 Å². The van der Waals surface area contributed by atoms with Gasteiger partial charge in [-0.15, -0.1) is 0 Å². The molecule has 5 heteroatoms. The maximum atomic E-state index is 12.6. The Morgan fingerprint density at radius 2 is 2.08 bits per heavy atom. The van der Waals surface area contributed by atoms with Crippen LogP contribution in [-0.4, -0.2) is 41.1 Å². The molecule has 124 valence electrons. The summed E-state index contributed by atoms with van der Waals surface area (Å²) >= 11 is 0. The molecule has 0 aliphatic carbocycles. The highest BCUT2D eigenvalue weighted by molar-refractivity contribution is 5.93. The highest BCUT2D eigenvalue weighted by Crippen LogP contribution is 2.33. The van der Waals surface area contributed by atoms with E-state index >= 15 is 0 Å². The molecule has 1 N–H and O–H groups in total. The van der Waals surface area contributed by atoms with Crippen LogP contribution in [0.15, 0.2) is 54.9 Å². The highest BCUT2D eigenvalue weighted by atomic mass is 16.5. The molecule has 1 amide bonds. The van der Waals surface area contributed by atoms with Crippen molar-refractivity contribution in [3.8, 4) is 0 Å². The smallest absolute Gasteiger partial charge is 0.230 e. The minimum absolute atomic E-state index is 0.0240. The Morgan fingerprint density at radius 3 is 2.88 bits per heavy atom. The highest BCUT2D eigenvalue weighted by Gasteiger charge is 2.44. The maximum absolute atomic E-state index is 12.6. The third-order valence-electron chi connectivity index (χ3n) is 4.75. The lowest BCUT2D eigenvalue weighted by Gasteiger charge is -2.32. The van der Waals surface area contributed by atoms with E-state index < -0.39 is 0 Å².